The van der Waals surface area contributed by atoms with Crippen molar-refractivity contribution in [3.63, 3.8) is 0 Å². The van der Waals surface area contributed by atoms with Gasteiger partial charge in [0.15, 0.2) is 0 Å². The molecule has 0 aromatic carbocycles. The van der Waals surface area contributed by atoms with Gasteiger partial charge in [-0.15, -0.1) is 0 Å². The smallest absolute Gasteiger partial charge is 0.309 e. The molecule has 0 heterocycles. The first-order valence-corrected chi connectivity index (χ1v) is 25.1. The number of esters is 2. The summed E-state index contributed by atoms with van der Waals surface area (Å²) in [6, 6.07) is 0. The summed E-state index contributed by atoms with van der Waals surface area (Å²) in [5.41, 5.74) is 0. The summed E-state index contributed by atoms with van der Waals surface area (Å²) in [5, 5.41) is 0. The lowest BCUT2D eigenvalue weighted by molar-refractivity contribution is -0.155. The van der Waals surface area contributed by atoms with Crippen molar-refractivity contribution in [3.05, 3.63) is 12.2 Å². The van der Waals surface area contributed by atoms with Gasteiger partial charge in [0.2, 0.25) is 0 Å². The van der Waals surface area contributed by atoms with E-state index in [4.69, 9.17) is 9.47 Å². The molecule has 0 aliphatic heterocycles. The van der Waals surface area contributed by atoms with Crippen molar-refractivity contribution in [2.75, 3.05) is 13.2 Å². The Morgan fingerprint density at radius 3 is 1.02 bits per heavy atom. The van der Waals surface area contributed by atoms with Crippen molar-refractivity contribution in [1.82, 2.24) is 0 Å². The molecule has 0 saturated heterocycles. The number of rotatable bonds is 46. The van der Waals surface area contributed by atoms with Gasteiger partial charge in [-0.2, -0.15) is 0 Å². The molecule has 326 valence electrons. The number of hydrogen-bond acceptors (Lipinski definition) is 4. The number of hydrogen-bond donors (Lipinski definition) is 0. The van der Waals surface area contributed by atoms with Crippen LogP contribution in [0.15, 0.2) is 12.2 Å². The molecular formula is C51H98O4. The molecule has 55 heavy (non-hydrogen) atoms. The number of unbranched alkanes of at least 4 members (excludes halogenated alkanes) is 35. The van der Waals surface area contributed by atoms with Crippen LogP contribution in [0.3, 0.4) is 0 Å². The Balaban J connectivity index is 4.23. The van der Waals surface area contributed by atoms with E-state index in [1.165, 1.54) is 205 Å². The fourth-order valence-electron chi connectivity index (χ4n) is 7.75. The normalized spacial score (nSPS) is 12.1. The van der Waals surface area contributed by atoms with Gasteiger partial charge < -0.3 is 9.47 Å². The van der Waals surface area contributed by atoms with Crippen LogP contribution in [0.1, 0.15) is 284 Å². The highest BCUT2D eigenvalue weighted by Crippen LogP contribution is 2.19. The minimum Gasteiger partial charge on any atom is -0.466 e. The van der Waals surface area contributed by atoms with E-state index in [0.29, 0.717) is 19.6 Å². The summed E-state index contributed by atoms with van der Waals surface area (Å²) in [6.45, 7) is 7.77. The lowest BCUT2D eigenvalue weighted by Gasteiger charge is -2.15. The summed E-state index contributed by atoms with van der Waals surface area (Å²) >= 11 is 0. The maximum absolute atomic E-state index is 13.1. The van der Waals surface area contributed by atoms with Gasteiger partial charge in [-0.1, -0.05) is 245 Å². The van der Waals surface area contributed by atoms with Gasteiger partial charge in [-0.3, -0.25) is 9.59 Å². The maximum atomic E-state index is 13.1. The molecule has 0 radical (unpaired) electrons. The van der Waals surface area contributed by atoms with Crippen molar-refractivity contribution in [2.24, 2.45) is 5.92 Å². The molecule has 0 saturated carbocycles. The Morgan fingerprint density at radius 1 is 0.364 bits per heavy atom. The first-order chi connectivity index (χ1) is 27.2. The van der Waals surface area contributed by atoms with Crippen LogP contribution in [-0.4, -0.2) is 25.2 Å². The molecule has 0 spiro atoms. The Bertz CT molecular complexity index is 792. The van der Waals surface area contributed by atoms with Gasteiger partial charge in [-0.05, 0) is 44.9 Å². The number of carbonyl (C=O) groups is 2. The highest BCUT2D eigenvalue weighted by atomic mass is 16.5. The van der Waals surface area contributed by atoms with Crippen LogP contribution in [0.2, 0.25) is 0 Å². The molecule has 1 unspecified atom stereocenters. The minimum absolute atomic E-state index is 0.151. The van der Waals surface area contributed by atoms with Crippen LogP contribution < -0.4 is 0 Å². The van der Waals surface area contributed by atoms with Crippen molar-refractivity contribution in [3.8, 4) is 0 Å². The quantitative estimate of drug-likeness (QED) is 0.0351. The van der Waals surface area contributed by atoms with E-state index < -0.39 is 5.92 Å². The molecule has 0 aliphatic carbocycles. The first-order valence-electron chi connectivity index (χ1n) is 25.1. The molecule has 0 aliphatic rings. The zero-order valence-corrected chi connectivity index (χ0v) is 37.8. The lowest BCUT2D eigenvalue weighted by atomic mass is 9.98. The summed E-state index contributed by atoms with van der Waals surface area (Å²) in [7, 11) is 0. The van der Waals surface area contributed by atoms with E-state index in [-0.39, 0.29) is 18.4 Å². The molecule has 0 N–H and O–H groups in total. The number of ether oxygens (including phenoxy) is 2. The third-order valence-electron chi connectivity index (χ3n) is 11.6. The average Bonchev–Trinajstić information content (AvgIpc) is 3.19. The number of allylic oxidation sites excluding steroid dienone is 2. The van der Waals surface area contributed by atoms with Gasteiger partial charge in [-0.25, -0.2) is 0 Å². The standard InChI is InChI=1S/C51H98O4/c1-4-7-10-13-16-19-22-23-24-25-26-27-28-29-30-33-36-39-42-45-49(51(53)55-47-44-41-38-35-32-21-18-15-12-9-6-3)48-50(52)54-46-43-40-37-34-31-20-17-14-11-8-5-2/h33,36,49H,4-32,34-35,37-48H2,1-3H3/b36-33+. The van der Waals surface area contributed by atoms with Crippen LogP contribution >= 0.6 is 0 Å². The minimum atomic E-state index is -0.392. The number of carbonyl (C=O) groups excluding carboxylic acids is 2. The Morgan fingerprint density at radius 2 is 0.655 bits per heavy atom. The van der Waals surface area contributed by atoms with E-state index in [2.05, 4.69) is 32.9 Å². The van der Waals surface area contributed by atoms with E-state index in [9.17, 15) is 9.59 Å². The molecule has 4 heteroatoms. The molecule has 1 atom stereocenters. The second kappa shape index (κ2) is 47.1. The molecule has 4 nitrogen and oxygen atoms in total. The molecule has 0 amide bonds. The summed E-state index contributed by atoms with van der Waals surface area (Å²) in [6.07, 6.45) is 56.0. The molecule has 0 aromatic rings. The lowest BCUT2D eigenvalue weighted by Crippen LogP contribution is -2.23. The van der Waals surface area contributed by atoms with Crippen LogP contribution in [-0.2, 0) is 19.1 Å². The van der Waals surface area contributed by atoms with E-state index in [0.717, 1.165) is 44.9 Å². The summed E-state index contributed by atoms with van der Waals surface area (Å²) in [4.78, 5) is 25.9. The van der Waals surface area contributed by atoms with Crippen molar-refractivity contribution >= 4 is 11.9 Å². The van der Waals surface area contributed by atoms with Gasteiger partial charge in [0.25, 0.3) is 0 Å². The van der Waals surface area contributed by atoms with Crippen molar-refractivity contribution < 1.29 is 19.1 Å². The van der Waals surface area contributed by atoms with Gasteiger partial charge >= 0.3 is 11.9 Å². The predicted molar refractivity (Wildman–Crippen MR) is 241 cm³/mol. The Hall–Kier alpha value is -1.32. The van der Waals surface area contributed by atoms with Gasteiger partial charge in [0.1, 0.15) is 0 Å². The van der Waals surface area contributed by atoms with Crippen molar-refractivity contribution in [2.45, 2.75) is 284 Å². The molecule has 0 bridgehead atoms. The van der Waals surface area contributed by atoms with Crippen LogP contribution in [0.25, 0.3) is 0 Å². The monoisotopic (exact) mass is 775 g/mol. The fraction of sp³-hybridized carbons (Fsp3) is 0.922. The summed E-state index contributed by atoms with van der Waals surface area (Å²) in [5.74, 6) is -0.834. The Labute approximate surface area is 345 Å². The van der Waals surface area contributed by atoms with E-state index in [1.807, 2.05) is 0 Å². The third kappa shape index (κ3) is 43.6. The van der Waals surface area contributed by atoms with Crippen LogP contribution in [0.4, 0.5) is 0 Å². The molecular weight excluding hydrogens is 677 g/mol. The highest BCUT2D eigenvalue weighted by molar-refractivity contribution is 5.79. The topological polar surface area (TPSA) is 52.6 Å². The third-order valence-corrected chi connectivity index (χ3v) is 11.6. The predicted octanol–water partition coefficient (Wildman–Crippen LogP) is 17.3. The SMILES string of the molecule is CCCCCCCCCCCCCCCC/C=C/CCCC(CC(=O)OCCCCCCCCCCCCC)C(=O)OCCCCCCCCCCCCC. The van der Waals surface area contributed by atoms with E-state index >= 15 is 0 Å². The second-order valence-corrected chi connectivity index (χ2v) is 17.1. The Kier molecular flexibility index (Phi) is 45.9. The van der Waals surface area contributed by atoms with E-state index in [1.54, 1.807) is 0 Å². The second-order valence-electron chi connectivity index (χ2n) is 17.1. The fourth-order valence-corrected chi connectivity index (χ4v) is 7.75. The van der Waals surface area contributed by atoms with Crippen molar-refractivity contribution in [1.29, 1.82) is 0 Å². The van der Waals surface area contributed by atoms with Crippen LogP contribution in [0, 0.1) is 5.92 Å². The van der Waals surface area contributed by atoms with Gasteiger partial charge in [0, 0.05) is 0 Å². The molecule has 0 fully saturated rings. The summed E-state index contributed by atoms with van der Waals surface area (Å²) < 4.78 is 11.3. The van der Waals surface area contributed by atoms with Crippen LogP contribution in [0.5, 0.6) is 0 Å². The first kappa shape index (κ1) is 53.7. The molecule has 0 rings (SSSR count). The zero-order valence-electron chi connectivity index (χ0n) is 37.8. The maximum Gasteiger partial charge on any atom is 0.309 e. The zero-order chi connectivity index (χ0) is 40.0. The largest absolute Gasteiger partial charge is 0.466 e. The average molecular weight is 775 g/mol. The molecule has 0 aromatic heterocycles. The highest BCUT2D eigenvalue weighted by Gasteiger charge is 2.24. The van der Waals surface area contributed by atoms with Gasteiger partial charge in [0.05, 0.1) is 25.6 Å².